The highest BCUT2D eigenvalue weighted by atomic mass is 19.1. The molecule has 0 unspecified atom stereocenters. The predicted molar refractivity (Wildman–Crippen MR) is 60.1 cm³/mol. The van der Waals surface area contributed by atoms with E-state index in [1.165, 1.54) is 19.2 Å². The fraction of sp³-hybridized carbons (Fsp3) is 0.417. The standard InChI is InChI=1S/C12H15FO4/c1-4-16-9-7-6-8(15-3)10(11(9)13)12(14)17-5-2/h6-7H,4-5H2,1-3H3. The van der Waals surface area contributed by atoms with Gasteiger partial charge in [0.15, 0.2) is 11.6 Å². The van der Waals surface area contributed by atoms with Crippen molar-refractivity contribution in [3.63, 3.8) is 0 Å². The van der Waals surface area contributed by atoms with Gasteiger partial charge in [-0.15, -0.1) is 0 Å². The third-order valence-corrected chi connectivity index (χ3v) is 2.07. The highest BCUT2D eigenvalue weighted by Gasteiger charge is 2.22. The Kier molecular flexibility index (Phi) is 4.75. The average Bonchev–Trinajstić information content (AvgIpc) is 2.31. The summed E-state index contributed by atoms with van der Waals surface area (Å²) in [6, 6.07) is 2.89. The van der Waals surface area contributed by atoms with Gasteiger partial charge in [0.25, 0.3) is 0 Å². The van der Waals surface area contributed by atoms with Crippen molar-refractivity contribution in [1.82, 2.24) is 0 Å². The maximum Gasteiger partial charge on any atom is 0.345 e. The van der Waals surface area contributed by atoms with E-state index in [4.69, 9.17) is 14.2 Å². The average molecular weight is 242 g/mol. The molecule has 0 aromatic heterocycles. The molecule has 4 nitrogen and oxygen atoms in total. The summed E-state index contributed by atoms with van der Waals surface area (Å²) in [7, 11) is 1.36. The lowest BCUT2D eigenvalue weighted by atomic mass is 10.1. The van der Waals surface area contributed by atoms with Crippen LogP contribution >= 0.6 is 0 Å². The summed E-state index contributed by atoms with van der Waals surface area (Å²) < 4.78 is 28.7. The topological polar surface area (TPSA) is 44.8 Å². The quantitative estimate of drug-likeness (QED) is 0.744. The van der Waals surface area contributed by atoms with E-state index < -0.39 is 11.8 Å². The molecule has 1 aromatic carbocycles. The minimum Gasteiger partial charge on any atom is -0.496 e. The molecule has 1 aromatic rings. The zero-order chi connectivity index (χ0) is 12.8. The van der Waals surface area contributed by atoms with Crippen molar-refractivity contribution in [3.8, 4) is 11.5 Å². The van der Waals surface area contributed by atoms with Gasteiger partial charge in [0.1, 0.15) is 11.3 Å². The summed E-state index contributed by atoms with van der Waals surface area (Å²) in [6.07, 6.45) is 0. The number of esters is 1. The van der Waals surface area contributed by atoms with Crippen LogP contribution in [0.15, 0.2) is 12.1 Å². The zero-order valence-corrected chi connectivity index (χ0v) is 10.1. The Labute approximate surface area is 99.3 Å². The molecule has 0 N–H and O–H groups in total. The molecule has 0 aliphatic rings. The van der Waals surface area contributed by atoms with Gasteiger partial charge in [0.05, 0.1) is 20.3 Å². The van der Waals surface area contributed by atoms with Crippen LogP contribution < -0.4 is 9.47 Å². The summed E-state index contributed by atoms with van der Waals surface area (Å²) >= 11 is 0. The van der Waals surface area contributed by atoms with Crippen molar-refractivity contribution in [2.45, 2.75) is 13.8 Å². The molecule has 17 heavy (non-hydrogen) atoms. The normalized spacial score (nSPS) is 9.88. The number of halogens is 1. The first kappa shape index (κ1) is 13.3. The van der Waals surface area contributed by atoms with E-state index in [1.807, 2.05) is 0 Å². The predicted octanol–water partition coefficient (Wildman–Crippen LogP) is 2.41. The number of carbonyl (C=O) groups excluding carboxylic acids is 1. The first-order valence-electron chi connectivity index (χ1n) is 5.32. The van der Waals surface area contributed by atoms with E-state index in [9.17, 15) is 9.18 Å². The highest BCUT2D eigenvalue weighted by Crippen LogP contribution is 2.29. The number of benzene rings is 1. The van der Waals surface area contributed by atoms with Gasteiger partial charge < -0.3 is 14.2 Å². The molecule has 0 amide bonds. The van der Waals surface area contributed by atoms with Crippen LogP contribution in [-0.4, -0.2) is 26.3 Å². The van der Waals surface area contributed by atoms with E-state index in [1.54, 1.807) is 13.8 Å². The van der Waals surface area contributed by atoms with Gasteiger partial charge in [-0.3, -0.25) is 0 Å². The Bertz CT molecular complexity index is 404. The Morgan fingerprint density at radius 3 is 2.41 bits per heavy atom. The molecule has 0 saturated carbocycles. The number of ether oxygens (including phenoxy) is 3. The fourth-order valence-electron chi connectivity index (χ4n) is 1.37. The maximum atomic E-state index is 14.0. The van der Waals surface area contributed by atoms with Gasteiger partial charge in [-0.05, 0) is 26.0 Å². The molecule has 0 radical (unpaired) electrons. The van der Waals surface area contributed by atoms with Crippen LogP contribution in [0.5, 0.6) is 11.5 Å². The van der Waals surface area contributed by atoms with Gasteiger partial charge >= 0.3 is 5.97 Å². The first-order valence-corrected chi connectivity index (χ1v) is 5.32. The van der Waals surface area contributed by atoms with Crippen molar-refractivity contribution in [2.75, 3.05) is 20.3 Å². The second-order valence-corrected chi connectivity index (χ2v) is 3.11. The van der Waals surface area contributed by atoms with Crippen molar-refractivity contribution < 1.29 is 23.4 Å². The third kappa shape index (κ3) is 2.87. The number of carbonyl (C=O) groups is 1. The monoisotopic (exact) mass is 242 g/mol. The van der Waals surface area contributed by atoms with Crippen LogP contribution in [-0.2, 0) is 4.74 Å². The Morgan fingerprint density at radius 2 is 1.88 bits per heavy atom. The van der Waals surface area contributed by atoms with Crippen LogP contribution in [0.3, 0.4) is 0 Å². The number of rotatable bonds is 5. The van der Waals surface area contributed by atoms with E-state index >= 15 is 0 Å². The summed E-state index contributed by atoms with van der Waals surface area (Å²) in [4.78, 5) is 11.6. The molecule has 0 heterocycles. The second kappa shape index (κ2) is 6.08. The largest absolute Gasteiger partial charge is 0.496 e. The van der Waals surface area contributed by atoms with Gasteiger partial charge in [0, 0.05) is 0 Å². The van der Waals surface area contributed by atoms with Gasteiger partial charge in [-0.25, -0.2) is 9.18 Å². The van der Waals surface area contributed by atoms with Crippen molar-refractivity contribution in [2.24, 2.45) is 0 Å². The van der Waals surface area contributed by atoms with Gasteiger partial charge in [-0.2, -0.15) is 0 Å². The molecule has 0 fully saturated rings. The third-order valence-electron chi connectivity index (χ3n) is 2.07. The van der Waals surface area contributed by atoms with Crippen LogP contribution in [0.25, 0.3) is 0 Å². The van der Waals surface area contributed by atoms with Crippen molar-refractivity contribution >= 4 is 5.97 Å². The molecular weight excluding hydrogens is 227 g/mol. The fourth-order valence-corrected chi connectivity index (χ4v) is 1.37. The van der Waals surface area contributed by atoms with Crippen molar-refractivity contribution in [3.05, 3.63) is 23.5 Å². The van der Waals surface area contributed by atoms with Gasteiger partial charge in [-0.1, -0.05) is 0 Å². The molecule has 0 atom stereocenters. The maximum absolute atomic E-state index is 14.0. The molecule has 0 bridgehead atoms. The molecule has 0 saturated heterocycles. The van der Waals surface area contributed by atoms with Crippen LogP contribution in [0.4, 0.5) is 4.39 Å². The lowest BCUT2D eigenvalue weighted by Gasteiger charge is -2.12. The molecule has 0 aliphatic heterocycles. The summed E-state index contributed by atoms with van der Waals surface area (Å²) in [5.41, 5.74) is -0.236. The van der Waals surface area contributed by atoms with E-state index in [0.717, 1.165) is 0 Å². The second-order valence-electron chi connectivity index (χ2n) is 3.11. The molecule has 1 rings (SSSR count). The SMILES string of the molecule is CCOC(=O)c1c(OC)ccc(OCC)c1F. The van der Waals surface area contributed by atoms with Crippen molar-refractivity contribution in [1.29, 1.82) is 0 Å². The van der Waals surface area contributed by atoms with E-state index in [0.29, 0.717) is 6.61 Å². The summed E-state index contributed by atoms with van der Waals surface area (Å²) in [5, 5.41) is 0. The van der Waals surface area contributed by atoms with Crippen LogP contribution in [0, 0.1) is 5.82 Å². The number of methoxy groups -OCH3 is 1. The van der Waals surface area contributed by atoms with E-state index in [2.05, 4.69) is 0 Å². The summed E-state index contributed by atoms with van der Waals surface area (Å²) in [5.74, 6) is -1.38. The van der Waals surface area contributed by atoms with Crippen LogP contribution in [0.1, 0.15) is 24.2 Å². The molecule has 94 valence electrons. The Hall–Kier alpha value is -1.78. The molecule has 0 spiro atoms. The number of hydrogen-bond acceptors (Lipinski definition) is 4. The minimum absolute atomic E-state index is 0.0105. The lowest BCUT2D eigenvalue weighted by Crippen LogP contribution is -2.10. The lowest BCUT2D eigenvalue weighted by molar-refractivity contribution is 0.0516. The van der Waals surface area contributed by atoms with Gasteiger partial charge in [0.2, 0.25) is 0 Å². The molecule has 5 heteroatoms. The zero-order valence-electron chi connectivity index (χ0n) is 10.1. The molecular formula is C12H15FO4. The minimum atomic E-state index is -0.761. The summed E-state index contributed by atoms with van der Waals surface area (Å²) in [6.45, 7) is 3.86. The number of hydrogen-bond donors (Lipinski definition) is 0. The Morgan fingerprint density at radius 1 is 1.24 bits per heavy atom. The Balaban J connectivity index is 3.22. The van der Waals surface area contributed by atoms with Crippen LogP contribution in [0.2, 0.25) is 0 Å². The smallest absolute Gasteiger partial charge is 0.345 e. The van der Waals surface area contributed by atoms with E-state index in [-0.39, 0.29) is 23.7 Å². The first-order chi connectivity index (χ1) is 8.15. The molecule has 0 aliphatic carbocycles. The highest BCUT2D eigenvalue weighted by molar-refractivity contribution is 5.93.